The Labute approximate surface area is 220 Å². The van der Waals surface area contributed by atoms with Crippen LogP contribution in [0, 0.1) is 11.8 Å². The largest absolute Gasteiger partial charge is 0.349 e. The van der Waals surface area contributed by atoms with Crippen LogP contribution in [-0.2, 0) is 9.59 Å². The smallest absolute Gasteiger partial charge is 0.264 e. The zero-order valence-corrected chi connectivity index (χ0v) is 22.2. The number of amides is 2. The molecule has 0 saturated carbocycles. The Morgan fingerprint density at radius 2 is 2.11 bits per heavy atom. The van der Waals surface area contributed by atoms with E-state index in [0.29, 0.717) is 55.6 Å². The number of hydrogen-bond acceptors (Lipinski definition) is 7. The van der Waals surface area contributed by atoms with Crippen molar-refractivity contribution in [2.45, 2.75) is 58.4 Å². The van der Waals surface area contributed by atoms with Gasteiger partial charge < -0.3 is 20.4 Å². The SMILES string of the molecule is CCC(F)(F)CNC(=O)[C@H]1CN(C(=O)CC(C)C)CCN1C1=NC(C2=CNC3=NC=C(Cl)C[C@@H]23)=NCC1. The molecule has 0 aliphatic carbocycles. The molecule has 1 fully saturated rings. The molecule has 0 radical (unpaired) electrons. The summed E-state index contributed by atoms with van der Waals surface area (Å²) in [6, 6.07) is -0.824. The van der Waals surface area contributed by atoms with E-state index in [1.807, 2.05) is 24.9 Å². The highest BCUT2D eigenvalue weighted by atomic mass is 35.5. The van der Waals surface area contributed by atoms with Crippen LogP contribution in [0.3, 0.4) is 0 Å². The van der Waals surface area contributed by atoms with Crippen LogP contribution in [-0.4, -0.2) is 83.8 Å². The van der Waals surface area contributed by atoms with Gasteiger partial charge in [0.1, 0.15) is 17.7 Å². The molecular formula is C25H34ClF2N7O2. The van der Waals surface area contributed by atoms with Gasteiger partial charge in [-0.25, -0.2) is 18.8 Å². The molecule has 4 rings (SSSR count). The van der Waals surface area contributed by atoms with Crippen molar-refractivity contribution in [1.82, 2.24) is 20.4 Å². The van der Waals surface area contributed by atoms with Crippen LogP contribution < -0.4 is 10.6 Å². The molecule has 0 unspecified atom stereocenters. The predicted octanol–water partition coefficient (Wildman–Crippen LogP) is 2.89. The van der Waals surface area contributed by atoms with Gasteiger partial charge in [0.25, 0.3) is 5.92 Å². The summed E-state index contributed by atoms with van der Waals surface area (Å²) < 4.78 is 27.8. The van der Waals surface area contributed by atoms with Gasteiger partial charge in [-0.2, -0.15) is 0 Å². The van der Waals surface area contributed by atoms with E-state index in [4.69, 9.17) is 16.6 Å². The first-order valence-corrected chi connectivity index (χ1v) is 13.2. The van der Waals surface area contributed by atoms with E-state index >= 15 is 0 Å². The molecule has 202 valence electrons. The number of hydrogen-bond donors (Lipinski definition) is 2. The number of rotatable bonds is 7. The maximum Gasteiger partial charge on any atom is 0.264 e. The average molecular weight is 538 g/mol. The fraction of sp³-hybridized carbons (Fsp3) is 0.640. The molecule has 2 atom stereocenters. The molecule has 4 heterocycles. The summed E-state index contributed by atoms with van der Waals surface area (Å²) in [5.74, 6) is -1.49. The number of allylic oxidation sites excluding steroid dienone is 1. The molecule has 4 aliphatic rings. The van der Waals surface area contributed by atoms with Gasteiger partial charge in [0.15, 0.2) is 5.84 Å². The van der Waals surface area contributed by atoms with Crippen LogP contribution in [0.25, 0.3) is 0 Å². The summed E-state index contributed by atoms with van der Waals surface area (Å²) in [4.78, 5) is 43.2. The summed E-state index contributed by atoms with van der Waals surface area (Å²) in [5.41, 5.74) is 0.872. The number of alkyl halides is 2. The fourth-order valence-electron chi connectivity index (χ4n) is 4.76. The monoisotopic (exact) mass is 537 g/mol. The molecule has 0 aromatic rings. The van der Waals surface area contributed by atoms with Crippen LogP contribution in [0.1, 0.15) is 46.5 Å². The van der Waals surface area contributed by atoms with E-state index in [9.17, 15) is 18.4 Å². The molecule has 4 aliphatic heterocycles. The number of halogens is 3. The minimum Gasteiger partial charge on any atom is -0.349 e. The molecule has 2 N–H and O–H groups in total. The van der Waals surface area contributed by atoms with Crippen molar-refractivity contribution >= 4 is 40.9 Å². The highest BCUT2D eigenvalue weighted by Crippen LogP contribution is 2.32. The first-order chi connectivity index (χ1) is 17.6. The number of fused-ring (bicyclic) bond motifs is 1. The minimum atomic E-state index is -3.00. The maximum atomic E-state index is 13.9. The molecule has 0 spiro atoms. The highest BCUT2D eigenvalue weighted by Gasteiger charge is 2.39. The van der Waals surface area contributed by atoms with E-state index in [1.54, 1.807) is 11.1 Å². The molecular weight excluding hydrogens is 504 g/mol. The quantitative estimate of drug-likeness (QED) is 0.521. The van der Waals surface area contributed by atoms with E-state index in [1.165, 1.54) is 6.92 Å². The van der Waals surface area contributed by atoms with E-state index in [2.05, 4.69) is 20.6 Å². The van der Waals surface area contributed by atoms with Crippen LogP contribution in [0.4, 0.5) is 8.78 Å². The summed E-state index contributed by atoms with van der Waals surface area (Å²) in [7, 11) is 0. The normalized spacial score (nSPS) is 23.9. The van der Waals surface area contributed by atoms with Gasteiger partial charge in [0.05, 0.1) is 19.0 Å². The molecule has 12 heteroatoms. The van der Waals surface area contributed by atoms with E-state index in [0.717, 1.165) is 11.4 Å². The average Bonchev–Trinajstić information content (AvgIpc) is 3.29. The van der Waals surface area contributed by atoms with Crippen molar-refractivity contribution in [3.63, 3.8) is 0 Å². The zero-order chi connectivity index (χ0) is 26.7. The first-order valence-electron chi connectivity index (χ1n) is 12.8. The molecule has 2 amide bonds. The summed E-state index contributed by atoms with van der Waals surface area (Å²) in [5, 5.41) is 6.21. The number of carbonyl (C=O) groups is 2. The standard InChI is InChI=1S/C25H34ClF2N7O2/c1-4-25(27,28)14-32-24(37)19-13-34(21(36)9-15(2)3)7-8-35(19)20-5-6-29-23(33-20)18-12-31-22-17(18)10-16(26)11-30-22/h11-12,15,17,19H,4-10,13-14H2,1-3H3,(H,30,31)(H,32,37)/t17-,19+/m0/s1. The second-order valence-electron chi connectivity index (χ2n) is 10.1. The van der Waals surface area contributed by atoms with Crippen molar-refractivity contribution in [3.8, 4) is 0 Å². The lowest BCUT2D eigenvalue weighted by Crippen LogP contribution is -2.62. The Hall–Kier alpha value is -2.82. The molecule has 37 heavy (non-hydrogen) atoms. The van der Waals surface area contributed by atoms with Crippen molar-refractivity contribution < 1.29 is 18.4 Å². The summed E-state index contributed by atoms with van der Waals surface area (Å²) in [6.07, 6.45) is 4.55. The van der Waals surface area contributed by atoms with Crippen LogP contribution in [0.15, 0.2) is 38.0 Å². The van der Waals surface area contributed by atoms with Crippen LogP contribution in [0.2, 0.25) is 0 Å². The summed E-state index contributed by atoms with van der Waals surface area (Å²) in [6.45, 7) is 5.94. The Morgan fingerprint density at radius 3 is 2.84 bits per heavy atom. The van der Waals surface area contributed by atoms with Crippen LogP contribution >= 0.6 is 11.6 Å². The fourth-order valence-corrected chi connectivity index (χ4v) is 4.96. The zero-order valence-electron chi connectivity index (χ0n) is 21.4. The number of nitrogens with one attached hydrogen (secondary N) is 2. The molecule has 0 aromatic carbocycles. The van der Waals surface area contributed by atoms with Gasteiger partial charge >= 0.3 is 0 Å². The lowest BCUT2D eigenvalue weighted by atomic mass is 9.94. The maximum absolute atomic E-state index is 13.9. The molecule has 0 bridgehead atoms. The second kappa shape index (κ2) is 11.3. The van der Waals surface area contributed by atoms with Crippen molar-refractivity contribution in [1.29, 1.82) is 0 Å². The summed E-state index contributed by atoms with van der Waals surface area (Å²) >= 11 is 6.22. The third-order valence-corrected chi connectivity index (χ3v) is 7.15. The Kier molecular flexibility index (Phi) is 8.30. The van der Waals surface area contributed by atoms with Gasteiger partial charge in [-0.1, -0.05) is 32.4 Å². The van der Waals surface area contributed by atoms with Gasteiger partial charge in [0, 0.05) is 61.9 Å². The third kappa shape index (κ3) is 6.37. The van der Waals surface area contributed by atoms with Crippen molar-refractivity contribution in [2.24, 2.45) is 26.8 Å². The number of aliphatic imine (C=N–C) groups is 3. The molecule has 9 nitrogen and oxygen atoms in total. The van der Waals surface area contributed by atoms with E-state index in [-0.39, 0.29) is 30.7 Å². The lowest BCUT2D eigenvalue weighted by molar-refractivity contribution is -0.137. The molecule has 0 aromatic heterocycles. The Balaban J connectivity index is 1.54. The van der Waals surface area contributed by atoms with E-state index < -0.39 is 24.4 Å². The topological polar surface area (TPSA) is 102 Å². The molecule has 1 saturated heterocycles. The van der Waals surface area contributed by atoms with Gasteiger partial charge in [0.2, 0.25) is 11.8 Å². The number of carbonyl (C=O) groups excluding carboxylic acids is 2. The van der Waals surface area contributed by atoms with Crippen LogP contribution in [0.5, 0.6) is 0 Å². The van der Waals surface area contributed by atoms with Crippen molar-refractivity contribution in [2.75, 3.05) is 32.7 Å². The Morgan fingerprint density at radius 1 is 1.32 bits per heavy atom. The number of nitrogens with zero attached hydrogens (tertiary/aromatic N) is 5. The lowest BCUT2D eigenvalue weighted by Gasteiger charge is -2.43. The third-order valence-electron chi connectivity index (χ3n) is 6.90. The number of piperazine rings is 1. The van der Waals surface area contributed by atoms with Gasteiger partial charge in [-0.15, -0.1) is 0 Å². The van der Waals surface area contributed by atoms with Gasteiger partial charge in [-0.05, 0) is 12.3 Å². The first kappa shape index (κ1) is 27.2. The Bertz CT molecular complexity index is 1080. The highest BCUT2D eigenvalue weighted by molar-refractivity contribution is 6.30. The van der Waals surface area contributed by atoms with Gasteiger partial charge in [-0.3, -0.25) is 14.6 Å². The predicted molar refractivity (Wildman–Crippen MR) is 140 cm³/mol. The number of amidine groups is 3. The minimum absolute atomic E-state index is 0.0459. The second-order valence-corrected chi connectivity index (χ2v) is 10.6. The van der Waals surface area contributed by atoms with Crippen molar-refractivity contribution in [3.05, 3.63) is 23.0 Å².